The van der Waals surface area contributed by atoms with Gasteiger partial charge in [0, 0.05) is 6.42 Å². The van der Waals surface area contributed by atoms with E-state index in [1.165, 1.54) is 0 Å². The molecule has 2 heteroatoms. The van der Waals surface area contributed by atoms with E-state index in [9.17, 15) is 4.79 Å². The number of allylic oxidation sites excluding steroid dienone is 12. The van der Waals surface area contributed by atoms with E-state index in [0.29, 0.717) is 6.42 Å². The van der Waals surface area contributed by atoms with Crippen LogP contribution in [0, 0.1) is 0 Å². The minimum atomic E-state index is -0.742. The number of carboxylic acids is 1. The Morgan fingerprint density at radius 1 is 0.696 bits per heavy atom. The lowest BCUT2D eigenvalue weighted by molar-refractivity contribution is -0.136. The number of rotatable bonds is 13. The van der Waals surface area contributed by atoms with Gasteiger partial charge in [-0.2, -0.15) is 0 Å². The number of hydrogen-bond donors (Lipinski definition) is 1. The standard InChI is InChI=1S/C21H30O2/c1-2-3-4-5-6-7-8-9-10-11-12-13-14-15-16-17-18-19-20-21(22)23/h3-4,6-9,11-12,14-15,17-18H,2,5,10,13,16,19-20H2,1H3,(H,22,23)/b4-3-,7-6-,9-8-,12-11-,15-14-,18-17-. The number of carboxylic acid groups (broad SMARTS) is 1. The van der Waals surface area contributed by atoms with Crippen LogP contribution >= 0.6 is 0 Å². The predicted molar refractivity (Wildman–Crippen MR) is 100 cm³/mol. The molecule has 0 spiro atoms. The lowest BCUT2D eigenvalue weighted by atomic mass is 10.2. The summed E-state index contributed by atoms with van der Waals surface area (Å²) in [6, 6.07) is 0. The van der Waals surface area contributed by atoms with Crippen LogP contribution in [-0.4, -0.2) is 11.1 Å². The Hall–Kier alpha value is -2.09. The summed E-state index contributed by atoms with van der Waals surface area (Å²) in [6.07, 6.45) is 31.0. The van der Waals surface area contributed by atoms with Gasteiger partial charge >= 0.3 is 5.97 Å². The van der Waals surface area contributed by atoms with Gasteiger partial charge in [0.1, 0.15) is 0 Å². The SMILES string of the molecule is CC/C=C\C/C=C\C=C/C/C=C\C/C=C\C/C=C\CCC(=O)O. The molecule has 0 saturated carbocycles. The molecule has 0 aliphatic heterocycles. The molecule has 0 saturated heterocycles. The van der Waals surface area contributed by atoms with E-state index in [2.05, 4.69) is 67.7 Å². The second-order valence-corrected chi connectivity index (χ2v) is 5.03. The van der Waals surface area contributed by atoms with Crippen LogP contribution in [0.3, 0.4) is 0 Å². The van der Waals surface area contributed by atoms with Gasteiger partial charge in [-0.15, -0.1) is 0 Å². The van der Waals surface area contributed by atoms with Crippen LogP contribution in [0.5, 0.6) is 0 Å². The Morgan fingerprint density at radius 2 is 1.13 bits per heavy atom. The van der Waals surface area contributed by atoms with Crippen LogP contribution in [0.4, 0.5) is 0 Å². The summed E-state index contributed by atoms with van der Waals surface area (Å²) in [4.78, 5) is 10.3. The first-order valence-corrected chi connectivity index (χ1v) is 8.40. The fourth-order valence-electron chi connectivity index (χ4n) is 1.70. The van der Waals surface area contributed by atoms with Crippen LogP contribution in [-0.2, 0) is 4.79 Å². The van der Waals surface area contributed by atoms with Crippen molar-refractivity contribution in [1.29, 1.82) is 0 Å². The zero-order valence-electron chi connectivity index (χ0n) is 14.2. The van der Waals surface area contributed by atoms with Gasteiger partial charge in [0.05, 0.1) is 0 Å². The van der Waals surface area contributed by atoms with E-state index in [0.717, 1.165) is 32.1 Å². The quantitative estimate of drug-likeness (QED) is 0.326. The highest BCUT2D eigenvalue weighted by molar-refractivity contribution is 5.66. The fraction of sp³-hybridized carbons (Fsp3) is 0.381. The topological polar surface area (TPSA) is 37.3 Å². The molecule has 0 unspecified atom stereocenters. The number of hydrogen-bond acceptors (Lipinski definition) is 1. The van der Waals surface area contributed by atoms with Crippen LogP contribution in [0.25, 0.3) is 0 Å². The molecule has 0 heterocycles. The highest BCUT2D eigenvalue weighted by Crippen LogP contribution is 1.96. The minimum Gasteiger partial charge on any atom is -0.481 e. The van der Waals surface area contributed by atoms with Crippen molar-refractivity contribution < 1.29 is 9.90 Å². The second-order valence-electron chi connectivity index (χ2n) is 5.03. The third-order valence-electron chi connectivity index (χ3n) is 2.90. The number of aliphatic carboxylic acids is 1. The lowest BCUT2D eigenvalue weighted by Gasteiger charge is -1.87. The highest BCUT2D eigenvalue weighted by atomic mass is 16.4. The molecule has 0 aromatic rings. The zero-order valence-corrected chi connectivity index (χ0v) is 14.2. The molecule has 0 aliphatic rings. The van der Waals surface area contributed by atoms with E-state index < -0.39 is 5.97 Å². The average molecular weight is 314 g/mol. The summed E-state index contributed by atoms with van der Waals surface area (Å²) in [5, 5.41) is 8.48. The molecule has 2 nitrogen and oxygen atoms in total. The predicted octanol–water partition coefficient (Wildman–Crippen LogP) is 6.16. The van der Waals surface area contributed by atoms with Crippen molar-refractivity contribution in [1.82, 2.24) is 0 Å². The van der Waals surface area contributed by atoms with Gasteiger partial charge in [0.2, 0.25) is 0 Å². The molecule has 0 rings (SSSR count). The van der Waals surface area contributed by atoms with Gasteiger partial charge in [-0.1, -0.05) is 79.8 Å². The molecule has 0 bridgehead atoms. The smallest absolute Gasteiger partial charge is 0.303 e. The molecule has 0 aromatic heterocycles. The summed E-state index contributed by atoms with van der Waals surface area (Å²) in [7, 11) is 0. The summed E-state index contributed by atoms with van der Waals surface area (Å²) in [6.45, 7) is 2.14. The molecule has 0 aromatic carbocycles. The molecule has 0 amide bonds. The molecular weight excluding hydrogens is 284 g/mol. The maximum atomic E-state index is 10.3. The first-order chi connectivity index (χ1) is 11.3. The Bertz CT molecular complexity index is 448. The number of carbonyl (C=O) groups is 1. The Kier molecular flexibility index (Phi) is 16.3. The maximum absolute atomic E-state index is 10.3. The summed E-state index contributed by atoms with van der Waals surface area (Å²) in [5.41, 5.74) is 0. The Labute approximate surface area is 141 Å². The molecule has 126 valence electrons. The molecule has 0 atom stereocenters. The van der Waals surface area contributed by atoms with Gasteiger partial charge in [-0.3, -0.25) is 4.79 Å². The molecule has 23 heavy (non-hydrogen) atoms. The Morgan fingerprint density at radius 3 is 1.61 bits per heavy atom. The first-order valence-electron chi connectivity index (χ1n) is 8.40. The van der Waals surface area contributed by atoms with Crippen molar-refractivity contribution in [3.05, 3.63) is 72.9 Å². The van der Waals surface area contributed by atoms with Crippen molar-refractivity contribution in [2.24, 2.45) is 0 Å². The monoisotopic (exact) mass is 314 g/mol. The van der Waals surface area contributed by atoms with E-state index >= 15 is 0 Å². The molecule has 0 aliphatic carbocycles. The van der Waals surface area contributed by atoms with E-state index in [4.69, 9.17) is 5.11 Å². The fourth-order valence-corrected chi connectivity index (χ4v) is 1.70. The lowest BCUT2D eigenvalue weighted by Crippen LogP contribution is -1.91. The molecule has 0 fully saturated rings. The molecule has 1 N–H and O–H groups in total. The van der Waals surface area contributed by atoms with E-state index in [1.54, 1.807) is 0 Å². The zero-order chi connectivity index (χ0) is 17.0. The van der Waals surface area contributed by atoms with Gasteiger partial charge in [-0.05, 0) is 38.5 Å². The maximum Gasteiger partial charge on any atom is 0.303 e. The van der Waals surface area contributed by atoms with Crippen molar-refractivity contribution >= 4 is 5.97 Å². The van der Waals surface area contributed by atoms with Crippen LogP contribution in [0.1, 0.15) is 51.9 Å². The van der Waals surface area contributed by atoms with Crippen molar-refractivity contribution in [3.63, 3.8) is 0 Å². The third kappa shape index (κ3) is 19.9. The van der Waals surface area contributed by atoms with Crippen LogP contribution in [0.15, 0.2) is 72.9 Å². The minimum absolute atomic E-state index is 0.209. The van der Waals surface area contributed by atoms with E-state index in [-0.39, 0.29) is 6.42 Å². The molecule has 0 radical (unpaired) electrons. The largest absolute Gasteiger partial charge is 0.481 e. The third-order valence-corrected chi connectivity index (χ3v) is 2.90. The van der Waals surface area contributed by atoms with E-state index in [1.807, 2.05) is 12.2 Å². The van der Waals surface area contributed by atoms with Gasteiger partial charge in [0.15, 0.2) is 0 Å². The van der Waals surface area contributed by atoms with Gasteiger partial charge in [0.25, 0.3) is 0 Å². The van der Waals surface area contributed by atoms with Gasteiger partial charge < -0.3 is 5.11 Å². The summed E-state index contributed by atoms with van der Waals surface area (Å²) < 4.78 is 0. The van der Waals surface area contributed by atoms with Crippen molar-refractivity contribution in [2.75, 3.05) is 0 Å². The summed E-state index contributed by atoms with van der Waals surface area (Å²) in [5.74, 6) is -0.742. The van der Waals surface area contributed by atoms with Crippen LogP contribution in [0.2, 0.25) is 0 Å². The van der Waals surface area contributed by atoms with Gasteiger partial charge in [-0.25, -0.2) is 0 Å². The molecular formula is C21H30O2. The highest BCUT2D eigenvalue weighted by Gasteiger charge is 1.90. The van der Waals surface area contributed by atoms with Crippen molar-refractivity contribution in [2.45, 2.75) is 51.9 Å². The first kappa shape index (κ1) is 20.9. The van der Waals surface area contributed by atoms with Crippen LogP contribution < -0.4 is 0 Å². The second kappa shape index (κ2) is 18.0. The normalized spacial score (nSPS) is 13.1. The summed E-state index contributed by atoms with van der Waals surface area (Å²) >= 11 is 0. The average Bonchev–Trinajstić information content (AvgIpc) is 2.53. The Balaban J connectivity index is 3.54. The van der Waals surface area contributed by atoms with Crippen molar-refractivity contribution in [3.8, 4) is 0 Å².